The Morgan fingerprint density at radius 1 is 0.315 bits per heavy atom. The van der Waals surface area contributed by atoms with Crippen molar-refractivity contribution in [1.82, 2.24) is 5.32 Å². The molecule has 0 heterocycles. The molecule has 0 aromatic heterocycles. The zero-order valence-corrected chi connectivity index (χ0v) is 60.2. The zero-order valence-electron chi connectivity index (χ0n) is 60.2. The van der Waals surface area contributed by atoms with Crippen molar-refractivity contribution in [2.24, 2.45) is 0 Å². The van der Waals surface area contributed by atoms with E-state index in [9.17, 15) is 19.8 Å². The van der Waals surface area contributed by atoms with Crippen LogP contribution in [0.1, 0.15) is 444 Å². The van der Waals surface area contributed by atoms with Crippen molar-refractivity contribution in [3.8, 4) is 0 Å². The van der Waals surface area contributed by atoms with E-state index in [2.05, 4.69) is 55.6 Å². The van der Waals surface area contributed by atoms with Gasteiger partial charge in [-0.2, -0.15) is 0 Å². The molecule has 0 radical (unpaired) electrons. The molecule has 524 valence electrons. The lowest BCUT2D eigenvalue weighted by Crippen LogP contribution is -2.45. The van der Waals surface area contributed by atoms with Crippen LogP contribution in [0.5, 0.6) is 0 Å². The number of amides is 1. The van der Waals surface area contributed by atoms with Gasteiger partial charge < -0.3 is 20.3 Å². The Balaban J connectivity index is 3.40. The number of hydrogen-bond acceptors (Lipinski definition) is 5. The van der Waals surface area contributed by atoms with Crippen molar-refractivity contribution in [3.63, 3.8) is 0 Å². The summed E-state index contributed by atoms with van der Waals surface area (Å²) in [6, 6.07) is -0.628. The monoisotopic (exact) mass is 1250 g/mol. The molecule has 2 atom stereocenters. The molecule has 6 heteroatoms. The van der Waals surface area contributed by atoms with Gasteiger partial charge in [-0.3, -0.25) is 9.59 Å². The fourth-order valence-electron chi connectivity index (χ4n) is 12.7. The lowest BCUT2D eigenvalue weighted by molar-refractivity contribution is -0.143. The summed E-state index contributed by atoms with van der Waals surface area (Å²) in [6.45, 7) is 4.93. The number of aliphatic hydroxyl groups excluding tert-OH is 2. The molecule has 0 spiro atoms. The number of aliphatic hydroxyl groups is 2. The molecule has 0 aliphatic rings. The van der Waals surface area contributed by atoms with E-state index in [1.165, 1.54) is 366 Å². The third-order valence-corrected chi connectivity index (χ3v) is 18.8. The molecular weight excluding hydrogens is 1090 g/mol. The van der Waals surface area contributed by atoms with Crippen LogP contribution in [0.25, 0.3) is 0 Å². The van der Waals surface area contributed by atoms with Gasteiger partial charge in [-0.1, -0.05) is 390 Å². The van der Waals surface area contributed by atoms with Gasteiger partial charge in [-0.25, -0.2) is 0 Å². The lowest BCUT2D eigenvalue weighted by atomic mass is 10.0. The van der Waals surface area contributed by atoms with Crippen molar-refractivity contribution in [1.29, 1.82) is 0 Å². The number of rotatable bonds is 76. The van der Waals surface area contributed by atoms with Crippen LogP contribution < -0.4 is 5.32 Å². The summed E-state index contributed by atoms with van der Waals surface area (Å²) in [5.41, 5.74) is 0. The van der Waals surface area contributed by atoms with E-state index in [4.69, 9.17) is 4.74 Å². The average Bonchev–Trinajstić information content (AvgIpc) is 3.64. The Morgan fingerprint density at radius 3 is 0.876 bits per heavy atom. The first-order chi connectivity index (χ1) is 44.0. The van der Waals surface area contributed by atoms with Gasteiger partial charge in [0.05, 0.1) is 25.4 Å². The number of ether oxygens (including phenoxy) is 1. The summed E-state index contributed by atoms with van der Waals surface area (Å²) in [5, 5.41) is 23.3. The summed E-state index contributed by atoms with van der Waals surface area (Å²) in [6.07, 6.45) is 104. The van der Waals surface area contributed by atoms with Crippen LogP contribution in [0.3, 0.4) is 0 Å². The largest absolute Gasteiger partial charge is 0.466 e. The van der Waals surface area contributed by atoms with E-state index < -0.39 is 12.1 Å². The maximum Gasteiger partial charge on any atom is 0.305 e. The molecule has 0 saturated carbocycles. The van der Waals surface area contributed by atoms with Gasteiger partial charge >= 0.3 is 5.97 Å². The average molecular weight is 1250 g/mol. The topological polar surface area (TPSA) is 95.9 Å². The summed E-state index contributed by atoms with van der Waals surface area (Å²) < 4.78 is 5.48. The Bertz CT molecular complexity index is 1490. The molecule has 89 heavy (non-hydrogen) atoms. The van der Waals surface area contributed by atoms with Gasteiger partial charge in [-0.15, -0.1) is 0 Å². The van der Waals surface area contributed by atoms with Crippen LogP contribution in [-0.4, -0.2) is 47.4 Å². The second-order valence-electron chi connectivity index (χ2n) is 27.7. The molecule has 0 aromatic carbocycles. The van der Waals surface area contributed by atoms with E-state index in [-0.39, 0.29) is 18.5 Å². The molecule has 0 aromatic rings. The minimum atomic E-state index is -0.845. The predicted molar refractivity (Wildman–Crippen MR) is 393 cm³/mol. The maximum atomic E-state index is 12.6. The second kappa shape index (κ2) is 78.3. The van der Waals surface area contributed by atoms with E-state index >= 15 is 0 Å². The number of carbonyl (C=O) groups excluding carboxylic acids is 2. The van der Waals surface area contributed by atoms with E-state index in [0.717, 1.165) is 51.4 Å². The van der Waals surface area contributed by atoms with Crippen LogP contribution in [0.2, 0.25) is 0 Å². The highest BCUT2D eigenvalue weighted by Gasteiger charge is 2.18. The number of unbranched alkanes of at least 4 members (excludes halogenated alkanes) is 59. The number of esters is 1. The fraction of sp³-hybridized carbons (Fsp3) is 0.880. The third-order valence-electron chi connectivity index (χ3n) is 18.8. The molecule has 0 aliphatic carbocycles. The Labute approximate surface area is 556 Å². The van der Waals surface area contributed by atoms with Crippen molar-refractivity contribution in [2.45, 2.75) is 456 Å². The second-order valence-corrected chi connectivity index (χ2v) is 27.7. The first-order valence-corrected chi connectivity index (χ1v) is 40.4. The Kier molecular flexibility index (Phi) is 76.3. The highest BCUT2D eigenvalue weighted by molar-refractivity contribution is 5.76. The van der Waals surface area contributed by atoms with Crippen LogP contribution in [0.4, 0.5) is 0 Å². The van der Waals surface area contributed by atoms with Crippen LogP contribution in [0.15, 0.2) is 48.6 Å². The van der Waals surface area contributed by atoms with Crippen molar-refractivity contribution < 1.29 is 24.5 Å². The first kappa shape index (κ1) is 86.8. The SMILES string of the molecule is CCCCCC/C=C\CCCCCCCC(=O)OCCCCCCCCCCCCC/C=C\C/C=C\CCCCCCCCCCCCCCCCCCCC(=O)NC(CO)C(O)/C=C/CCCCCCCCCCCCCCCCCCCCCCCC. The summed E-state index contributed by atoms with van der Waals surface area (Å²) in [4.78, 5) is 24.6. The molecule has 0 fully saturated rings. The molecule has 0 rings (SSSR count). The molecular formula is C83H157NO5. The van der Waals surface area contributed by atoms with Crippen LogP contribution in [-0.2, 0) is 14.3 Å². The van der Waals surface area contributed by atoms with E-state index in [1.54, 1.807) is 6.08 Å². The normalized spacial score (nSPS) is 12.7. The minimum Gasteiger partial charge on any atom is -0.466 e. The van der Waals surface area contributed by atoms with Gasteiger partial charge in [0.25, 0.3) is 0 Å². The Morgan fingerprint density at radius 2 is 0.562 bits per heavy atom. The number of nitrogens with one attached hydrogen (secondary N) is 1. The number of allylic oxidation sites excluding steroid dienone is 7. The molecule has 0 saturated heterocycles. The highest BCUT2D eigenvalue weighted by Crippen LogP contribution is 2.19. The van der Waals surface area contributed by atoms with E-state index in [1.807, 2.05) is 6.08 Å². The number of hydrogen-bond donors (Lipinski definition) is 3. The molecule has 0 aliphatic heterocycles. The number of carbonyl (C=O) groups is 2. The fourth-order valence-corrected chi connectivity index (χ4v) is 12.7. The van der Waals surface area contributed by atoms with Crippen molar-refractivity contribution >= 4 is 11.9 Å². The summed E-state index contributed by atoms with van der Waals surface area (Å²) >= 11 is 0. The maximum absolute atomic E-state index is 12.6. The standard InChI is InChI=1S/C83H157NO5/c1-3-5-7-9-11-13-15-17-18-19-20-21-22-36-39-42-45-48-52-55-59-63-67-71-75-81(86)80(79-85)84-82(87)76-72-68-64-60-56-53-49-46-43-40-37-34-32-30-28-26-24-23-25-27-29-31-33-35-38-41-44-47-50-54-58-62-66-70-74-78-89-83(88)77-73-69-65-61-57-51-16-14-12-10-8-6-4-2/h14,16,25,27,31,33,71,75,80-81,85-86H,3-13,15,17-24,26,28-30,32,34-70,72-74,76-79H2,1-2H3,(H,84,87)/b16-14-,27-25-,33-31-,75-71+. The molecule has 6 nitrogen and oxygen atoms in total. The van der Waals surface area contributed by atoms with Crippen molar-refractivity contribution in [2.75, 3.05) is 13.2 Å². The van der Waals surface area contributed by atoms with Gasteiger partial charge in [-0.05, 0) is 89.9 Å². The first-order valence-electron chi connectivity index (χ1n) is 40.4. The van der Waals surface area contributed by atoms with Crippen LogP contribution >= 0.6 is 0 Å². The smallest absolute Gasteiger partial charge is 0.305 e. The molecule has 1 amide bonds. The van der Waals surface area contributed by atoms with Gasteiger partial charge in [0.2, 0.25) is 5.91 Å². The highest BCUT2D eigenvalue weighted by atomic mass is 16.5. The third kappa shape index (κ3) is 74.7. The minimum absolute atomic E-state index is 0.00769. The van der Waals surface area contributed by atoms with Crippen LogP contribution in [0, 0.1) is 0 Å². The van der Waals surface area contributed by atoms with Crippen molar-refractivity contribution in [3.05, 3.63) is 48.6 Å². The summed E-state index contributed by atoms with van der Waals surface area (Å²) in [7, 11) is 0. The molecule has 2 unspecified atom stereocenters. The molecule has 0 bridgehead atoms. The van der Waals surface area contributed by atoms with E-state index in [0.29, 0.717) is 19.4 Å². The van der Waals surface area contributed by atoms with Gasteiger partial charge in [0.1, 0.15) is 0 Å². The molecule has 3 N–H and O–H groups in total. The quantitative estimate of drug-likeness (QED) is 0.0320. The van der Waals surface area contributed by atoms with Gasteiger partial charge in [0, 0.05) is 12.8 Å². The summed E-state index contributed by atoms with van der Waals surface area (Å²) in [5.74, 6) is -0.0532. The zero-order chi connectivity index (χ0) is 64.2. The lowest BCUT2D eigenvalue weighted by Gasteiger charge is -2.20. The van der Waals surface area contributed by atoms with Gasteiger partial charge in [0.15, 0.2) is 0 Å². The Hall–Kier alpha value is -2.18. The predicted octanol–water partition coefficient (Wildman–Crippen LogP) is 26.8.